The molecule has 0 saturated carbocycles. The molecule has 6 nitrogen and oxygen atoms in total. The monoisotopic (exact) mass is 446 g/mol. The molecule has 0 atom stereocenters. The van der Waals surface area contributed by atoms with Crippen molar-refractivity contribution < 1.29 is 9.53 Å². The van der Waals surface area contributed by atoms with Gasteiger partial charge in [0.25, 0.3) is 0 Å². The Morgan fingerprint density at radius 3 is 2.47 bits per heavy atom. The predicted molar refractivity (Wildman–Crippen MR) is 126 cm³/mol. The molecule has 0 aromatic heterocycles. The second kappa shape index (κ2) is 10.3. The van der Waals surface area contributed by atoms with Crippen molar-refractivity contribution >= 4 is 46.5 Å². The average molecular weight is 447 g/mol. The molecule has 0 unspecified atom stereocenters. The molecule has 2 amide bonds. The Balaban J connectivity index is 1.34. The average Bonchev–Trinajstić information content (AvgIpc) is 2.79. The van der Waals surface area contributed by atoms with Gasteiger partial charge in [0, 0.05) is 54.9 Å². The van der Waals surface area contributed by atoms with Gasteiger partial charge < -0.3 is 25.2 Å². The highest BCUT2D eigenvalue weighted by molar-refractivity contribution is 7.99. The van der Waals surface area contributed by atoms with E-state index >= 15 is 0 Å². The van der Waals surface area contributed by atoms with Crippen molar-refractivity contribution in [2.24, 2.45) is 0 Å². The van der Waals surface area contributed by atoms with Gasteiger partial charge in [-0.3, -0.25) is 0 Å². The molecule has 2 saturated heterocycles. The molecule has 2 aromatic carbocycles. The lowest BCUT2D eigenvalue weighted by atomic mass is 10.2. The lowest BCUT2D eigenvalue weighted by Gasteiger charge is -2.30. The zero-order chi connectivity index (χ0) is 20.8. The standard InChI is InChI=1S/C22H27ClN4O2S/c23-18-3-6-21(27-7-11-29-12-8-27)20(15-18)25-22(28)24-16-17-1-4-19(5-2-17)26-9-13-30-14-10-26/h1-6,15H,7-14,16H2,(H2,24,25,28). The molecule has 160 valence electrons. The van der Waals surface area contributed by atoms with E-state index in [1.54, 1.807) is 6.07 Å². The summed E-state index contributed by atoms with van der Waals surface area (Å²) in [6.45, 7) is 5.60. The topological polar surface area (TPSA) is 56.8 Å². The van der Waals surface area contributed by atoms with Crippen molar-refractivity contribution in [3.8, 4) is 0 Å². The van der Waals surface area contributed by atoms with E-state index in [-0.39, 0.29) is 6.03 Å². The number of carbonyl (C=O) groups is 1. The van der Waals surface area contributed by atoms with Crippen LogP contribution in [-0.2, 0) is 11.3 Å². The summed E-state index contributed by atoms with van der Waals surface area (Å²) in [4.78, 5) is 17.1. The van der Waals surface area contributed by atoms with E-state index in [0.717, 1.165) is 37.4 Å². The molecule has 0 aliphatic carbocycles. The minimum Gasteiger partial charge on any atom is -0.378 e. The zero-order valence-corrected chi connectivity index (χ0v) is 18.5. The Morgan fingerprint density at radius 2 is 1.73 bits per heavy atom. The summed E-state index contributed by atoms with van der Waals surface area (Å²) in [5.74, 6) is 2.36. The zero-order valence-electron chi connectivity index (χ0n) is 16.9. The van der Waals surface area contributed by atoms with Crippen LogP contribution in [0.15, 0.2) is 42.5 Å². The number of anilines is 3. The molecule has 0 radical (unpaired) electrons. The third-order valence-corrected chi connectivity index (χ3v) is 6.50. The van der Waals surface area contributed by atoms with Gasteiger partial charge in [-0.25, -0.2) is 4.79 Å². The van der Waals surface area contributed by atoms with Crippen LogP contribution in [0, 0.1) is 0 Å². The molecule has 2 fully saturated rings. The number of benzene rings is 2. The fraction of sp³-hybridized carbons (Fsp3) is 0.409. The Hall–Kier alpha value is -2.09. The van der Waals surface area contributed by atoms with E-state index in [4.69, 9.17) is 16.3 Å². The summed E-state index contributed by atoms with van der Waals surface area (Å²) >= 11 is 8.18. The molecule has 4 rings (SSSR count). The Kier molecular flexibility index (Phi) is 7.25. The SMILES string of the molecule is O=C(NCc1ccc(N2CCSCC2)cc1)Nc1cc(Cl)ccc1N1CCOCC1. The van der Waals surface area contributed by atoms with E-state index in [2.05, 4.69) is 44.7 Å². The van der Waals surface area contributed by atoms with Gasteiger partial charge >= 0.3 is 6.03 Å². The first-order chi connectivity index (χ1) is 14.7. The van der Waals surface area contributed by atoms with Gasteiger partial charge in [-0.15, -0.1) is 0 Å². The van der Waals surface area contributed by atoms with E-state index in [9.17, 15) is 4.79 Å². The highest BCUT2D eigenvalue weighted by atomic mass is 35.5. The number of morpholine rings is 1. The number of urea groups is 1. The predicted octanol–water partition coefficient (Wildman–Crippen LogP) is 4.05. The largest absolute Gasteiger partial charge is 0.378 e. The number of hydrogen-bond acceptors (Lipinski definition) is 5. The molecule has 0 bridgehead atoms. The number of amides is 2. The number of rotatable bonds is 5. The third-order valence-electron chi connectivity index (χ3n) is 5.32. The number of carbonyl (C=O) groups excluding carboxylic acids is 1. The van der Waals surface area contributed by atoms with Crippen LogP contribution in [-0.4, -0.2) is 56.9 Å². The minimum absolute atomic E-state index is 0.246. The molecule has 0 spiro atoms. The first-order valence-electron chi connectivity index (χ1n) is 10.3. The van der Waals surface area contributed by atoms with Crippen LogP contribution >= 0.6 is 23.4 Å². The van der Waals surface area contributed by atoms with Crippen LogP contribution in [0.5, 0.6) is 0 Å². The van der Waals surface area contributed by atoms with Gasteiger partial charge in [-0.1, -0.05) is 23.7 Å². The van der Waals surface area contributed by atoms with Crippen LogP contribution in [0.2, 0.25) is 5.02 Å². The molecule has 2 N–H and O–H groups in total. The molecule has 2 heterocycles. The fourth-order valence-electron chi connectivity index (χ4n) is 3.68. The second-order valence-corrected chi connectivity index (χ2v) is 9.00. The van der Waals surface area contributed by atoms with Crippen molar-refractivity contribution in [1.29, 1.82) is 0 Å². The summed E-state index contributed by atoms with van der Waals surface area (Å²) in [7, 11) is 0. The van der Waals surface area contributed by atoms with E-state index in [1.165, 1.54) is 17.2 Å². The Labute approximate surface area is 186 Å². The lowest BCUT2D eigenvalue weighted by molar-refractivity contribution is 0.123. The third kappa shape index (κ3) is 5.53. The highest BCUT2D eigenvalue weighted by Gasteiger charge is 2.17. The number of ether oxygens (including phenoxy) is 1. The normalized spacial score (nSPS) is 17.0. The molecular weight excluding hydrogens is 420 g/mol. The molecule has 2 aliphatic heterocycles. The van der Waals surface area contributed by atoms with Gasteiger partial charge in [0.2, 0.25) is 0 Å². The number of thioether (sulfide) groups is 1. The molecule has 2 aromatic rings. The van der Waals surface area contributed by atoms with E-state index < -0.39 is 0 Å². The second-order valence-electron chi connectivity index (χ2n) is 7.33. The van der Waals surface area contributed by atoms with Gasteiger partial charge in [-0.05, 0) is 35.9 Å². The number of hydrogen-bond donors (Lipinski definition) is 2. The summed E-state index contributed by atoms with van der Waals surface area (Å²) in [5.41, 5.74) is 3.99. The molecule has 8 heteroatoms. The van der Waals surface area contributed by atoms with Gasteiger partial charge in [0.1, 0.15) is 0 Å². The number of halogens is 1. The smallest absolute Gasteiger partial charge is 0.319 e. The number of nitrogens with one attached hydrogen (secondary N) is 2. The quantitative estimate of drug-likeness (QED) is 0.725. The van der Waals surface area contributed by atoms with Crippen LogP contribution in [0.3, 0.4) is 0 Å². The van der Waals surface area contributed by atoms with Gasteiger partial charge in [0.05, 0.1) is 24.6 Å². The van der Waals surface area contributed by atoms with Gasteiger partial charge in [0.15, 0.2) is 0 Å². The van der Waals surface area contributed by atoms with E-state index in [0.29, 0.717) is 30.5 Å². The first kappa shape index (κ1) is 21.2. The first-order valence-corrected chi connectivity index (χ1v) is 11.8. The van der Waals surface area contributed by atoms with Gasteiger partial charge in [-0.2, -0.15) is 11.8 Å². The van der Waals surface area contributed by atoms with Crippen LogP contribution < -0.4 is 20.4 Å². The van der Waals surface area contributed by atoms with Crippen LogP contribution in [0.25, 0.3) is 0 Å². The maximum Gasteiger partial charge on any atom is 0.319 e. The maximum absolute atomic E-state index is 12.5. The van der Waals surface area contributed by atoms with Crippen LogP contribution in [0.4, 0.5) is 21.9 Å². The minimum atomic E-state index is -0.246. The highest BCUT2D eigenvalue weighted by Crippen LogP contribution is 2.30. The summed E-state index contributed by atoms with van der Waals surface area (Å²) in [5, 5.41) is 6.49. The maximum atomic E-state index is 12.5. The summed E-state index contributed by atoms with van der Waals surface area (Å²) < 4.78 is 5.43. The fourth-order valence-corrected chi connectivity index (χ4v) is 4.76. The van der Waals surface area contributed by atoms with Crippen molar-refractivity contribution in [3.63, 3.8) is 0 Å². The van der Waals surface area contributed by atoms with Crippen molar-refractivity contribution in [1.82, 2.24) is 5.32 Å². The lowest BCUT2D eigenvalue weighted by Crippen LogP contribution is -2.37. The van der Waals surface area contributed by atoms with Crippen molar-refractivity contribution in [3.05, 3.63) is 53.1 Å². The van der Waals surface area contributed by atoms with E-state index in [1.807, 2.05) is 23.9 Å². The summed E-state index contributed by atoms with van der Waals surface area (Å²) in [6, 6.07) is 13.8. The Bertz CT molecular complexity index is 853. The summed E-state index contributed by atoms with van der Waals surface area (Å²) in [6.07, 6.45) is 0. The molecule has 30 heavy (non-hydrogen) atoms. The molecule has 2 aliphatic rings. The van der Waals surface area contributed by atoms with Crippen molar-refractivity contribution in [2.45, 2.75) is 6.54 Å². The number of nitrogens with zero attached hydrogens (tertiary/aromatic N) is 2. The van der Waals surface area contributed by atoms with Crippen molar-refractivity contribution in [2.75, 3.05) is 66.0 Å². The Morgan fingerprint density at radius 1 is 1.00 bits per heavy atom. The molecular formula is C22H27ClN4O2S. The van der Waals surface area contributed by atoms with Crippen LogP contribution in [0.1, 0.15) is 5.56 Å².